The van der Waals surface area contributed by atoms with Gasteiger partial charge in [-0.25, -0.2) is 9.98 Å². The Hall–Kier alpha value is -4.13. The van der Waals surface area contributed by atoms with Crippen LogP contribution >= 0.6 is 34.4 Å². The van der Waals surface area contributed by atoms with Crippen LogP contribution < -0.4 is 24.4 Å². The highest BCUT2D eigenvalue weighted by Crippen LogP contribution is 2.38. The van der Waals surface area contributed by atoms with Crippen molar-refractivity contribution in [2.45, 2.75) is 36.2 Å². The Kier molecular flexibility index (Phi) is 8.48. The molecule has 9 nitrogen and oxygen atoms in total. The summed E-state index contributed by atoms with van der Waals surface area (Å²) in [6.45, 7) is 6.72. The van der Waals surface area contributed by atoms with Crippen LogP contribution in [0.25, 0.3) is 16.3 Å². The van der Waals surface area contributed by atoms with E-state index >= 15 is 0 Å². The van der Waals surface area contributed by atoms with Crippen LogP contribution in [-0.4, -0.2) is 47.7 Å². The monoisotopic (exact) mass is 646 g/mol. The lowest BCUT2D eigenvalue weighted by atomic mass is 9.93. The average molecular weight is 647 g/mol. The fourth-order valence-electron chi connectivity index (χ4n) is 5.20. The Bertz CT molecular complexity index is 2050. The molecule has 0 saturated heterocycles. The van der Waals surface area contributed by atoms with Gasteiger partial charge in [-0.3, -0.25) is 14.2 Å². The number of benzene rings is 2. The molecule has 5 aromatic rings. The predicted molar refractivity (Wildman–Crippen MR) is 174 cm³/mol. The third-order valence-electron chi connectivity index (χ3n) is 7.37. The summed E-state index contributed by atoms with van der Waals surface area (Å²) >= 11 is 4.29. The van der Waals surface area contributed by atoms with Crippen LogP contribution in [0, 0.1) is 0 Å². The molecular formula is C32H30N4O5S3. The number of aromatic nitrogens is 2. The number of furan rings is 1. The Labute approximate surface area is 265 Å². The molecule has 12 heteroatoms. The molecular weight excluding hydrogens is 617 g/mol. The number of nitrogens with zero attached hydrogens (tertiary/aromatic N) is 4. The topological polar surface area (TPSA) is 99.2 Å². The third-order valence-corrected chi connectivity index (χ3v) is 10.4. The normalized spacial score (nSPS) is 14.9. The Balaban J connectivity index is 1.45. The van der Waals surface area contributed by atoms with E-state index in [1.54, 1.807) is 53.2 Å². The Morgan fingerprint density at radius 3 is 2.61 bits per heavy atom. The zero-order valence-electron chi connectivity index (χ0n) is 24.8. The number of methoxy groups -OCH3 is 2. The summed E-state index contributed by atoms with van der Waals surface area (Å²) in [6, 6.07) is 16.3. The van der Waals surface area contributed by atoms with Crippen molar-refractivity contribution in [1.29, 1.82) is 0 Å². The van der Waals surface area contributed by atoms with Gasteiger partial charge in [0.05, 0.1) is 40.2 Å². The molecule has 0 N–H and O–H groups in total. The number of rotatable bonds is 9. The van der Waals surface area contributed by atoms with Gasteiger partial charge in [-0.2, -0.15) is 0 Å². The summed E-state index contributed by atoms with van der Waals surface area (Å²) in [6.07, 6.45) is 1.72. The highest BCUT2D eigenvalue weighted by Gasteiger charge is 2.36. The zero-order valence-corrected chi connectivity index (χ0v) is 27.3. The van der Waals surface area contributed by atoms with E-state index in [4.69, 9.17) is 18.9 Å². The van der Waals surface area contributed by atoms with E-state index in [0.29, 0.717) is 61.6 Å². The molecule has 226 valence electrons. The minimum atomic E-state index is -0.770. The number of hydrogen-bond acceptors (Lipinski definition) is 10. The van der Waals surface area contributed by atoms with Crippen LogP contribution in [0.5, 0.6) is 11.5 Å². The van der Waals surface area contributed by atoms with Gasteiger partial charge in [0.15, 0.2) is 14.2 Å². The fourth-order valence-corrected chi connectivity index (χ4v) is 8.20. The number of amides is 1. The second kappa shape index (κ2) is 12.5. The van der Waals surface area contributed by atoms with E-state index in [0.717, 1.165) is 14.6 Å². The van der Waals surface area contributed by atoms with Crippen molar-refractivity contribution in [3.05, 3.63) is 96.9 Å². The largest absolute Gasteiger partial charge is 0.497 e. The summed E-state index contributed by atoms with van der Waals surface area (Å²) in [5.74, 6) is 1.47. The summed E-state index contributed by atoms with van der Waals surface area (Å²) in [4.78, 5) is 39.7. The predicted octanol–water partition coefficient (Wildman–Crippen LogP) is 5.47. The maximum Gasteiger partial charge on any atom is 0.271 e. The molecule has 2 aromatic carbocycles. The van der Waals surface area contributed by atoms with Gasteiger partial charge < -0.3 is 18.8 Å². The first-order valence-corrected chi connectivity index (χ1v) is 16.5. The molecule has 0 fully saturated rings. The van der Waals surface area contributed by atoms with E-state index in [1.807, 2.05) is 63.2 Å². The number of allylic oxidation sites excluding steroid dienone is 1. The number of para-hydroxylation sites is 1. The van der Waals surface area contributed by atoms with Crippen LogP contribution in [0.2, 0.25) is 0 Å². The molecule has 1 atom stereocenters. The van der Waals surface area contributed by atoms with E-state index in [9.17, 15) is 9.59 Å². The lowest BCUT2D eigenvalue weighted by molar-refractivity contribution is -0.127. The van der Waals surface area contributed by atoms with E-state index in [1.165, 1.54) is 23.1 Å². The molecule has 44 heavy (non-hydrogen) atoms. The molecule has 3 aromatic heterocycles. The second-order valence-electron chi connectivity index (χ2n) is 9.87. The molecule has 0 aliphatic carbocycles. The van der Waals surface area contributed by atoms with E-state index < -0.39 is 6.04 Å². The molecule has 1 amide bonds. The summed E-state index contributed by atoms with van der Waals surface area (Å²) < 4.78 is 21.3. The van der Waals surface area contributed by atoms with Gasteiger partial charge >= 0.3 is 0 Å². The number of hydrogen-bond donors (Lipinski definition) is 0. The van der Waals surface area contributed by atoms with E-state index in [-0.39, 0.29) is 11.5 Å². The van der Waals surface area contributed by atoms with Crippen LogP contribution in [0.15, 0.2) is 89.5 Å². The standard InChI is InChI=1S/C32H30N4O5S3/c1-6-35(7-2)30(38)27-18(3)33-31-36(28(27)21-16-19(39-4)12-14-23(21)40-5)29(37)25(42-31)17-20-13-15-26(41-20)44-32-34-22-10-8-9-11-24(22)43-32/h8-17,28H,6-7H2,1-5H3/b25-17+/t28-/m1/s1. The van der Waals surface area contributed by atoms with Crippen LogP contribution in [0.4, 0.5) is 0 Å². The highest BCUT2D eigenvalue weighted by atomic mass is 32.2. The average Bonchev–Trinajstić information content (AvgIpc) is 3.73. The van der Waals surface area contributed by atoms with Crippen molar-refractivity contribution in [1.82, 2.24) is 14.5 Å². The first-order chi connectivity index (χ1) is 21.3. The molecule has 4 heterocycles. The summed E-state index contributed by atoms with van der Waals surface area (Å²) in [7, 11) is 3.14. The summed E-state index contributed by atoms with van der Waals surface area (Å²) in [5, 5.41) is 0.671. The third kappa shape index (κ3) is 5.49. The maximum atomic E-state index is 14.1. The van der Waals surface area contributed by atoms with Gasteiger partial charge in [0.2, 0.25) is 0 Å². The number of ether oxygens (including phenoxy) is 2. The van der Waals surface area contributed by atoms with Crippen molar-refractivity contribution in [3.8, 4) is 11.5 Å². The smallest absolute Gasteiger partial charge is 0.271 e. The molecule has 0 radical (unpaired) electrons. The summed E-state index contributed by atoms with van der Waals surface area (Å²) in [5.41, 5.74) is 2.28. The Morgan fingerprint density at radius 2 is 1.89 bits per heavy atom. The van der Waals surface area contributed by atoms with Crippen LogP contribution in [0.1, 0.15) is 38.1 Å². The molecule has 0 bridgehead atoms. The minimum Gasteiger partial charge on any atom is -0.497 e. The fraction of sp³-hybridized carbons (Fsp3) is 0.250. The molecule has 1 aliphatic heterocycles. The van der Waals surface area contributed by atoms with Crippen molar-refractivity contribution < 1.29 is 18.7 Å². The highest BCUT2D eigenvalue weighted by molar-refractivity contribution is 8.01. The number of thiazole rings is 2. The van der Waals surface area contributed by atoms with Crippen molar-refractivity contribution in [2.24, 2.45) is 4.99 Å². The van der Waals surface area contributed by atoms with Gasteiger partial charge in [-0.05, 0) is 75.0 Å². The van der Waals surface area contributed by atoms with Gasteiger partial charge in [-0.1, -0.05) is 23.5 Å². The molecule has 0 unspecified atom stereocenters. The lowest BCUT2D eigenvalue weighted by Crippen LogP contribution is -2.43. The van der Waals surface area contributed by atoms with Gasteiger partial charge in [0.1, 0.15) is 23.3 Å². The first kappa shape index (κ1) is 29.9. The van der Waals surface area contributed by atoms with Gasteiger partial charge in [0.25, 0.3) is 11.5 Å². The lowest BCUT2D eigenvalue weighted by Gasteiger charge is -2.30. The van der Waals surface area contributed by atoms with Crippen molar-refractivity contribution in [3.63, 3.8) is 0 Å². The van der Waals surface area contributed by atoms with Crippen LogP contribution in [0.3, 0.4) is 0 Å². The SMILES string of the molecule is CCN(CC)C(=O)C1=C(C)N=c2s/c(=C/c3ccc(Sc4nc5ccccc5s4)o3)c(=O)n2[C@@H]1c1cc(OC)ccc1OC. The van der Waals surface area contributed by atoms with Crippen molar-refractivity contribution in [2.75, 3.05) is 27.3 Å². The molecule has 0 spiro atoms. The number of likely N-dealkylation sites (N-methyl/N-ethyl adjacent to an activating group) is 1. The Morgan fingerprint density at radius 1 is 1.09 bits per heavy atom. The maximum absolute atomic E-state index is 14.1. The van der Waals surface area contributed by atoms with Crippen molar-refractivity contribution >= 4 is 56.6 Å². The molecule has 0 saturated carbocycles. The minimum absolute atomic E-state index is 0.178. The number of carbonyl (C=O) groups is 1. The number of fused-ring (bicyclic) bond motifs is 2. The first-order valence-electron chi connectivity index (χ1n) is 14.0. The quantitative estimate of drug-likeness (QED) is 0.209. The zero-order chi connectivity index (χ0) is 31.0. The molecule has 1 aliphatic rings. The van der Waals surface area contributed by atoms with E-state index in [2.05, 4.69) is 4.98 Å². The van der Waals surface area contributed by atoms with Gasteiger partial charge in [-0.15, -0.1) is 11.3 Å². The second-order valence-corrected chi connectivity index (χ2v) is 13.2. The van der Waals surface area contributed by atoms with Gasteiger partial charge in [0, 0.05) is 24.7 Å². The molecule has 6 rings (SSSR count). The number of carbonyl (C=O) groups excluding carboxylic acids is 1. The van der Waals surface area contributed by atoms with Crippen LogP contribution in [-0.2, 0) is 4.79 Å².